The summed E-state index contributed by atoms with van der Waals surface area (Å²) in [6.45, 7) is 2.37. The Balaban J connectivity index is 2.75. The molecule has 0 aliphatic carbocycles. The van der Waals surface area contributed by atoms with Crippen LogP contribution in [-0.2, 0) is 4.74 Å². The minimum atomic E-state index is 0.192. The molecule has 0 aromatic heterocycles. The fourth-order valence-corrected chi connectivity index (χ4v) is 0.862. The Morgan fingerprint density at radius 3 is 2.50 bits per heavy atom. The molecule has 0 heterocycles. The first-order valence-corrected chi connectivity index (χ1v) is 3.81. The van der Waals surface area contributed by atoms with E-state index in [9.17, 15) is 0 Å². The van der Waals surface area contributed by atoms with E-state index in [1.165, 1.54) is 0 Å². The van der Waals surface area contributed by atoms with Crippen molar-refractivity contribution in [2.75, 3.05) is 6.61 Å². The molecule has 0 bridgehead atoms. The lowest BCUT2D eigenvalue weighted by atomic mass is 9.95. The Labute approximate surface area is 73.5 Å². The van der Waals surface area contributed by atoms with E-state index in [0.717, 1.165) is 5.56 Å². The first kappa shape index (κ1) is 8.85. The van der Waals surface area contributed by atoms with Crippen LogP contribution in [0.2, 0.25) is 0 Å². The molecule has 1 rings (SSSR count). The smallest absolute Gasteiger partial charge is 0.213 e. The third kappa shape index (κ3) is 2.12. The number of nitrogens with one attached hydrogen (secondary N) is 1. The zero-order chi connectivity index (χ0) is 8.97. The second-order valence-electron chi connectivity index (χ2n) is 2.38. The van der Waals surface area contributed by atoms with E-state index in [2.05, 4.69) is 0 Å². The molecule has 1 aromatic rings. The van der Waals surface area contributed by atoms with E-state index in [0.29, 0.717) is 12.1 Å². The van der Waals surface area contributed by atoms with Crippen molar-refractivity contribution in [2.24, 2.45) is 0 Å². The molecule has 0 fully saturated rings. The Hall–Kier alpha value is -1.25. The van der Waals surface area contributed by atoms with Gasteiger partial charge in [-0.1, -0.05) is 29.7 Å². The molecule has 2 radical (unpaired) electrons. The van der Waals surface area contributed by atoms with Gasteiger partial charge < -0.3 is 4.74 Å². The largest absolute Gasteiger partial charge is 0.478 e. The van der Waals surface area contributed by atoms with Crippen LogP contribution in [0.1, 0.15) is 12.5 Å². The quantitative estimate of drug-likeness (QED) is 0.387. The van der Waals surface area contributed by atoms with E-state index >= 15 is 0 Å². The topological polar surface area (TPSA) is 33.1 Å². The van der Waals surface area contributed by atoms with Crippen LogP contribution in [0.3, 0.4) is 0 Å². The van der Waals surface area contributed by atoms with Crippen LogP contribution in [0.5, 0.6) is 0 Å². The highest BCUT2D eigenvalue weighted by Crippen LogP contribution is 1.98. The van der Waals surface area contributed by atoms with Crippen LogP contribution in [0, 0.1) is 5.41 Å². The maximum absolute atomic E-state index is 7.44. The van der Waals surface area contributed by atoms with Gasteiger partial charge in [0, 0.05) is 5.56 Å². The number of rotatable bonds is 2. The van der Waals surface area contributed by atoms with Crippen molar-refractivity contribution in [3.63, 3.8) is 0 Å². The SMILES string of the molecule is [B]c1ccc(C(=N)OCC)cc1. The van der Waals surface area contributed by atoms with E-state index in [4.69, 9.17) is 18.0 Å². The fraction of sp³-hybridized carbons (Fsp3) is 0.222. The van der Waals surface area contributed by atoms with Crippen molar-refractivity contribution in [2.45, 2.75) is 6.92 Å². The number of benzene rings is 1. The van der Waals surface area contributed by atoms with Gasteiger partial charge in [-0.15, -0.1) is 0 Å². The van der Waals surface area contributed by atoms with Crippen LogP contribution in [0.15, 0.2) is 24.3 Å². The van der Waals surface area contributed by atoms with Gasteiger partial charge in [-0.05, 0) is 6.92 Å². The summed E-state index contributed by atoms with van der Waals surface area (Å²) in [5.74, 6) is 0.192. The molecule has 0 aliphatic heterocycles. The van der Waals surface area contributed by atoms with Gasteiger partial charge in [-0.3, -0.25) is 5.41 Å². The minimum Gasteiger partial charge on any atom is -0.478 e. The number of hydrogen-bond acceptors (Lipinski definition) is 2. The first-order chi connectivity index (χ1) is 5.74. The summed E-state index contributed by atoms with van der Waals surface area (Å²) >= 11 is 0. The maximum Gasteiger partial charge on any atom is 0.213 e. The van der Waals surface area contributed by atoms with Crippen LogP contribution < -0.4 is 5.46 Å². The molecule has 60 valence electrons. The normalized spacial score (nSPS) is 9.42. The van der Waals surface area contributed by atoms with Gasteiger partial charge in [-0.2, -0.15) is 0 Å². The Bertz CT molecular complexity index is 268. The monoisotopic (exact) mass is 159 g/mol. The van der Waals surface area contributed by atoms with Gasteiger partial charge in [0.05, 0.1) is 6.61 Å². The molecule has 2 nitrogen and oxygen atoms in total. The zero-order valence-corrected chi connectivity index (χ0v) is 7.00. The average Bonchev–Trinajstić information content (AvgIpc) is 2.06. The number of ether oxygens (including phenoxy) is 1. The van der Waals surface area contributed by atoms with Crippen LogP contribution in [-0.4, -0.2) is 20.4 Å². The van der Waals surface area contributed by atoms with E-state index in [1.54, 1.807) is 24.3 Å². The third-order valence-corrected chi connectivity index (χ3v) is 1.46. The molecular weight excluding hydrogens is 149 g/mol. The lowest BCUT2D eigenvalue weighted by molar-refractivity contribution is 0.325. The summed E-state index contributed by atoms with van der Waals surface area (Å²) in [5.41, 5.74) is 1.45. The summed E-state index contributed by atoms with van der Waals surface area (Å²) < 4.78 is 5.01. The molecule has 1 aromatic carbocycles. The molecule has 0 spiro atoms. The van der Waals surface area contributed by atoms with E-state index in [1.807, 2.05) is 6.92 Å². The Morgan fingerprint density at radius 1 is 1.42 bits per heavy atom. The molecular formula is C9H10BNO. The van der Waals surface area contributed by atoms with Crippen molar-refractivity contribution in [3.8, 4) is 0 Å². The lowest BCUT2D eigenvalue weighted by Gasteiger charge is -2.04. The van der Waals surface area contributed by atoms with Gasteiger partial charge in [0.25, 0.3) is 0 Å². The number of hydrogen-bond donors (Lipinski definition) is 1. The summed E-state index contributed by atoms with van der Waals surface area (Å²) in [4.78, 5) is 0. The van der Waals surface area contributed by atoms with Crippen molar-refractivity contribution in [3.05, 3.63) is 29.8 Å². The van der Waals surface area contributed by atoms with Gasteiger partial charge in [0.2, 0.25) is 5.90 Å². The second-order valence-corrected chi connectivity index (χ2v) is 2.38. The Kier molecular flexibility index (Phi) is 2.91. The Morgan fingerprint density at radius 2 is 2.00 bits per heavy atom. The molecule has 0 unspecified atom stereocenters. The predicted molar refractivity (Wildman–Crippen MR) is 50.3 cm³/mol. The predicted octanol–water partition coefficient (Wildman–Crippen LogP) is 0.842. The van der Waals surface area contributed by atoms with Gasteiger partial charge >= 0.3 is 0 Å². The summed E-state index contributed by atoms with van der Waals surface area (Å²) in [6, 6.07) is 7.05. The fourth-order valence-electron chi connectivity index (χ4n) is 0.862. The summed E-state index contributed by atoms with van der Waals surface area (Å²) in [7, 11) is 5.49. The second kappa shape index (κ2) is 3.95. The van der Waals surface area contributed by atoms with Crippen molar-refractivity contribution in [1.29, 1.82) is 5.41 Å². The molecule has 0 amide bonds. The van der Waals surface area contributed by atoms with Crippen molar-refractivity contribution < 1.29 is 4.74 Å². The van der Waals surface area contributed by atoms with Gasteiger partial charge in [0.1, 0.15) is 7.85 Å². The van der Waals surface area contributed by atoms with E-state index < -0.39 is 0 Å². The van der Waals surface area contributed by atoms with Crippen LogP contribution in [0.4, 0.5) is 0 Å². The highest BCUT2D eigenvalue weighted by Gasteiger charge is 1.99. The average molecular weight is 159 g/mol. The highest BCUT2D eigenvalue weighted by molar-refractivity contribution is 6.32. The maximum atomic E-state index is 7.44. The molecule has 1 N–H and O–H groups in total. The highest BCUT2D eigenvalue weighted by atomic mass is 16.5. The molecule has 3 heteroatoms. The van der Waals surface area contributed by atoms with Crippen molar-refractivity contribution in [1.82, 2.24) is 0 Å². The molecule has 0 aliphatic rings. The molecule has 0 saturated heterocycles. The molecule has 0 atom stereocenters. The standard InChI is InChI=1S/C9H10BNO/c1-2-12-9(11)7-3-5-8(10)6-4-7/h3-6,11H,2H2,1H3. The van der Waals surface area contributed by atoms with Gasteiger partial charge in [0.15, 0.2) is 0 Å². The van der Waals surface area contributed by atoms with Crippen LogP contribution >= 0.6 is 0 Å². The lowest BCUT2D eigenvalue weighted by Crippen LogP contribution is -2.07. The summed E-state index contributed by atoms with van der Waals surface area (Å²) in [6.07, 6.45) is 0. The third-order valence-electron chi connectivity index (χ3n) is 1.46. The van der Waals surface area contributed by atoms with Gasteiger partial charge in [-0.25, -0.2) is 0 Å². The van der Waals surface area contributed by atoms with Crippen molar-refractivity contribution >= 4 is 19.2 Å². The minimum absolute atomic E-state index is 0.192. The first-order valence-electron chi connectivity index (χ1n) is 3.81. The summed E-state index contributed by atoms with van der Waals surface area (Å²) in [5, 5.41) is 7.44. The van der Waals surface area contributed by atoms with Crippen LogP contribution in [0.25, 0.3) is 0 Å². The van der Waals surface area contributed by atoms with E-state index in [-0.39, 0.29) is 5.90 Å². The molecule has 0 saturated carbocycles. The zero-order valence-electron chi connectivity index (χ0n) is 7.00. The molecule has 12 heavy (non-hydrogen) atoms.